The van der Waals surface area contributed by atoms with E-state index in [1.54, 1.807) is 11.3 Å². The van der Waals surface area contributed by atoms with Crippen LogP contribution in [0.25, 0.3) is 0 Å². The third-order valence-electron chi connectivity index (χ3n) is 2.78. The molecule has 0 unspecified atom stereocenters. The van der Waals surface area contributed by atoms with Crippen molar-refractivity contribution in [3.05, 3.63) is 28.7 Å². The highest BCUT2D eigenvalue weighted by Gasteiger charge is 2.22. The first kappa shape index (κ1) is 13.5. The molecule has 3 N–H and O–H groups in total. The molecule has 19 heavy (non-hydrogen) atoms. The molecule has 0 saturated heterocycles. The van der Waals surface area contributed by atoms with Gasteiger partial charge in [0.25, 0.3) is 0 Å². The first-order valence-electron chi connectivity index (χ1n) is 5.93. The Kier molecular flexibility index (Phi) is 3.84. The molecule has 2 heterocycles. The second-order valence-corrected chi connectivity index (χ2v) is 5.89. The summed E-state index contributed by atoms with van der Waals surface area (Å²) in [6, 6.07) is 4.09. The van der Waals surface area contributed by atoms with Crippen LogP contribution in [0.2, 0.25) is 0 Å². The zero-order valence-corrected chi connectivity index (χ0v) is 11.8. The molecule has 2 aromatic heterocycles. The fourth-order valence-electron chi connectivity index (χ4n) is 1.66. The van der Waals surface area contributed by atoms with E-state index in [1.807, 2.05) is 11.4 Å². The van der Waals surface area contributed by atoms with E-state index < -0.39 is 0 Å². The molecule has 0 aliphatic rings. The lowest BCUT2D eigenvalue weighted by molar-refractivity contribution is -0.122. The Morgan fingerprint density at radius 2 is 2.37 bits per heavy atom. The predicted molar refractivity (Wildman–Crippen MR) is 74.8 cm³/mol. The van der Waals surface area contributed by atoms with Gasteiger partial charge in [0.1, 0.15) is 12.9 Å². The van der Waals surface area contributed by atoms with E-state index in [0.29, 0.717) is 6.54 Å². The molecule has 2 aromatic rings. The Labute approximate surface area is 115 Å². The molecule has 0 bridgehead atoms. The van der Waals surface area contributed by atoms with E-state index in [2.05, 4.69) is 35.3 Å². The number of carbonyl (C=O) groups excluding carboxylic acids is 1. The van der Waals surface area contributed by atoms with Crippen LogP contribution >= 0.6 is 11.3 Å². The number of rotatable bonds is 5. The number of amides is 1. The van der Waals surface area contributed by atoms with Gasteiger partial charge in [-0.05, 0) is 11.4 Å². The van der Waals surface area contributed by atoms with Crippen LogP contribution in [0.15, 0.2) is 23.8 Å². The lowest BCUT2D eigenvalue weighted by atomic mass is 9.91. The van der Waals surface area contributed by atoms with Crippen LogP contribution in [0.1, 0.15) is 18.7 Å². The summed E-state index contributed by atoms with van der Waals surface area (Å²) in [5, 5.41) is 8.82. The number of anilines is 1. The van der Waals surface area contributed by atoms with Gasteiger partial charge in [0.2, 0.25) is 11.9 Å². The van der Waals surface area contributed by atoms with Crippen molar-refractivity contribution in [1.82, 2.24) is 20.1 Å². The van der Waals surface area contributed by atoms with Crippen molar-refractivity contribution < 1.29 is 4.79 Å². The van der Waals surface area contributed by atoms with Crippen LogP contribution in [0.4, 0.5) is 5.95 Å². The number of hydrogen-bond donors (Lipinski definition) is 2. The van der Waals surface area contributed by atoms with Crippen molar-refractivity contribution in [2.75, 3.05) is 12.3 Å². The summed E-state index contributed by atoms with van der Waals surface area (Å²) in [5.41, 5.74) is 5.31. The molecule has 0 spiro atoms. The molecule has 0 saturated carbocycles. The van der Waals surface area contributed by atoms with E-state index in [9.17, 15) is 4.79 Å². The number of nitrogens with two attached hydrogens (primary N) is 1. The minimum atomic E-state index is -0.102. The highest BCUT2D eigenvalue weighted by atomic mass is 32.1. The minimum absolute atomic E-state index is 0.0782. The monoisotopic (exact) mass is 279 g/mol. The van der Waals surface area contributed by atoms with Gasteiger partial charge in [-0.15, -0.1) is 16.4 Å². The number of nitrogens with one attached hydrogen (secondary N) is 1. The van der Waals surface area contributed by atoms with Crippen LogP contribution in [-0.4, -0.2) is 27.2 Å². The van der Waals surface area contributed by atoms with Gasteiger partial charge in [-0.1, -0.05) is 19.9 Å². The van der Waals surface area contributed by atoms with Gasteiger partial charge in [0.15, 0.2) is 0 Å². The Bertz CT molecular complexity index is 546. The van der Waals surface area contributed by atoms with Crippen LogP contribution in [0.5, 0.6) is 0 Å². The van der Waals surface area contributed by atoms with Crippen molar-refractivity contribution in [2.24, 2.45) is 0 Å². The third-order valence-corrected chi connectivity index (χ3v) is 4.01. The predicted octanol–water partition coefficient (Wildman–Crippen LogP) is 1.02. The molecule has 0 aromatic carbocycles. The maximum Gasteiger partial charge on any atom is 0.241 e. The molecule has 2 rings (SSSR count). The molecule has 6 nitrogen and oxygen atoms in total. The summed E-state index contributed by atoms with van der Waals surface area (Å²) in [5.74, 6) is 0.0706. The van der Waals surface area contributed by atoms with Gasteiger partial charge in [0, 0.05) is 16.8 Å². The second kappa shape index (κ2) is 5.40. The Balaban J connectivity index is 1.87. The molecule has 0 aliphatic heterocycles. The van der Waals surface area contributed by atoms with Gasteiger partial charge < -0.3 is 11.1 Å². The van der Waals surface area contributed by atoms with Crippen molar-refractivity contribution in [2.45, 2.75) is 25.8 Å². The molecule has 0 fully saturated rings. The first-order chi connectivity index (χ1) is 8.97. The minimum Gasteiger partial charge on any atom is -0.367 e. The summed E-state index contributed by atoms with van der Waals surface area (Å²) in [7, 11) is 0. The quantitative estimate of drug-likeness (QED) is 0.855. The summed E-state index contributed by atoms with van der Waals surface area (Å²) >= 11 is 1.69. The van der Waals surface area contributed by atoms with Crippen molar-refractivity contribution in [3.8, 4) is 0 Å². The second-order valence-electron chi connectivity index (χ2n) is 4.94. The summed E-state index contributed by atoms with van der Waals surface area (Å²) in [6.07, 6.45) is 1.44. The largest absolute Gasteiger partial charge is 0.367 e. The van der Waals surface area contributed by atoms with E-state index in [0.717, 1.165) is 0 Å². The standard InChI is InChI=1S/C12H17N5OS/c1-12(2,9-4-3-5-19-9)7-14-10(18)6-17-8-15-11(13)16-17/h3-5,8H,6-7H2,1-2H3,(H2,13,16)(H,14,18). The van der Waals surface area contributed by atoms with Gasteiger partial charge >= 0.3 is 0 Å². The molecule has 0 aliphatic carbocycles. The first-order valence-corrected chi connectivity index (χ1v) is 6.81. The van der Waals surface area contributed by atoms with E-state index >= 15 is 0 Å². The summed E-state index contributed by atoms with van der Waals surface area (Å²) in [6.45, 7) is 4.92. The number of aromatic nitrogens is 3. The molecule has 0 radical (unpaired) electrons. The molecule has 7 heteroatoms. The average molecular weight is 279 g/mol. The Morgan fingerprint density at radius 3 is 2.95 bits per heavy atom. The SMILES string of the molecule is CC(C)(CNC(=O)Cn1cnc(N)n1)c1cccs1. The van der Waals surface area contributed by atoms with Gasteiger partial charge in [-0.25, -0.2) is 9.67 Å². The van der Waals surface area contributed by atoms with Gasteiger partial charge in [0.05, 0.1) is 0 Å². The summed E-state index contributed by atoms with van der Waals surface area (Å²) < 4.78 is 1.42. The van der Waals surface area contributed by atoms with Gasteiger partial charge in [-0.3, -0.25) is 4.79 Å². The van der Waals surface area contributed by atoms with Crippen molar-refractivity contribution in [1.29, 1.82) is 0 Å². The number of thiophene rings is 1. The fourth-order valence-corrected chi connectivity index (χ4v) is 2.51. The highest BCUT2D eigenvalue weighted by Crippen LogP contribution is 2.26. The molecular formula is C12H17N5OS. The van der Waals surface area contributed by atoms with Crippen LogP contribution in [-0.2, 0) is 16.8 Å². The maximum absolute atomic E-state index is 11.8. The molecule has 102 valence electrons. The van der Waals surface area contributed by atoms with Crippen LogP contribution in [0, 0.1) is 0 Å². The lowest BCUT2D eigenvalue weighted by Crippen LogP contribution is -2.37. The summed E-state index contributed by atoms with van der Waals surface area (Å²) in [4.78, 5) is 16.8. The molecule has 0 atom stereocenters. The van der Waals surface area contributed by atoms with E-state index in [-0.39, 0.29) is 23.8 Å². The van der Waals surface area contributed by atoms with E-state index in [1.165, 1.54) is 15.9 Å². The average Bonchev–Trinajstić information content (AvgIpc) is 2.98. The number of nitrogens with zero attached hydrogens (tertiary/aromatic N) is 3. The zero-order chi connectivity index (χ0) is 13.9. The topological polar surface area (TPSA) is 85.8 Å². The zero-order valence-electron chi connectivity index (χ0n) is 11.0. The lowest BCUT2D eigenvalue weighted by Gasteiger charge is -2.23. The molecule has 1 amide bonds. The third kappa shape index (κ3) is 3.54. The van der Waals surface area contributed by atoms with Crippen LogP contribution in [0.3, 0.4) is 0 Å². The van der Waals surface area contributed by atoms with E-state index in [4.69, 9.17) is 5.73 Å². The number of hydrogen-bond acceptors (Lipinski definition) is 5. The number of carbonyl (C=O) groups is 1. The van der Waals surface area contributed by atoms with Gasteiger partial charge in [-0.2, -0.15) is 0 Å². The van der Waals surface area contributed by atoms with Crippen molar-refractivity contribution in [3.63, 3.8) is 0 Å². The number of nitrogen functional groups attached to an aromatic ring is 1. The van der Waals surface area contributed by atoms with Crippen LogP contribution < -0.4 is 11.1 Å². The Hall–Kier alpha value is -1.89. The smallest absolute Gasteiger partial charge is 0.241 e. The molecular weight excluding hydrogens is 262 g/mol. The Morgan fingerprint density at radius 1 is 1.58 bits per heavy atom. The highest BCUT2D eigenvalue weighted by molar-refractivity contribution is 7.10. The van der Waals surface area contributed by atoms with Crippen molar-refractivity contribution >= 4 is 23.2 Å². The maximum atomic E-state index is 11.8. The fraction of sp³-hybridized carbons (Fsp3) is 0.417. The normalized spacial score (nSPS) is 11.5.